The van der Waals surface area contributed by atoms with Crippen LogP contribution in [-0.4, -0.2) is 51.3 Å². The number of rotatable bonds is 11. The van der Waals surface area contributed by atoms with E-state index in [1.165, 1.54) is 24.1 Å². The molecule has 8 heteroatoms. The smallest absolute Gasteiger partial charge is 0.264 e. The summed E-state index contributed by atoms with van der Waals surface area (Å²) in [6.45, 7) is 3.49. The number of nitrogens with zero attached hydrogens (tertiary/aromatic N) is 2. The average molecular weight is 508 g/mol. The van der Waals surface area contributed by atoms with Gasteiger partial charge in [-0.3, -0.25) is 13.9 Å². The first kappa shape index (κ1) is 26.9. The second kappa shape index (κ2) is 12.4. The normalized spacial score (nSPS) is 12.0. The molecule has 0 aliphatic heterocycles. The molecule has 0 aliphatic carbocycles. The average Bonchev–Trinajstić information content (AvgIpc) is 2.90. The summed E-state index contributed by atoms with van der Waals surface area (Å²) < 4.78 is 28.6. The molecular weight excluding hydrogens is 474 g/mol. The molecule has 3 aromatic rings. The minimum Gasteiger partial charge on any atom is -0.357 e. The van der Waals surface area contributed by atoms with Gasteiger partial charge in [0.15, 0.2) is 0 Å². The number of carbonyl (C=O) groups is 2. The molecule has 0 saturated heterocycles. The Hall–Kier alpha value is -3.65. The first-order chi connectivity index (χ1) is 17.3. The topological polar surface area (TPSA) is 86.8 Å². The number of para-hydroxylation sites is 1. The number of sulfonamides is 1. The number of carbonyl (C=O) groups excluding carboxylic acids is 2. The molecule has 0 unspecified atom stereocenters. The number of aryl methyl sites for hydroxylation is 1. The van der Waals surface area contributed by atoms with Crippen LogP contribution in [0.1, 0.15) is 24.5 Å². The van der Waals surface area contributed by atoms with Gasteiger partial charge >= 0.3 is 0 Å². The minimum absolute atomic E-state index is 0.0928. The standard InChI is InChI=1S/C28H33N3O4S/c1-4-25(28(33)29-3)30(20-19-23-14-7-5-8-15-23)27(32)21-31(26-18-12-11-13-22(26)2)36(34,35)24-16-9-6-10-17-24/h5-18,25H,4,19-21H2,1-3H3,(H,29,33)/t25-/m1/s1. The van der Waals surface area contributed by atoms with Gasteiger partial charge in [0.05, 0.1) is 10.6 Å². The lowest BCUT2D eigenvalue weighted by molar-refractivity contribution is -0.139. The molecule has 1 atom stereocenters. The highest BCUT2D eigenvalue weighted by Crippen LogP contribution is 2.27. The van der Waals surface area contributed by atoms with Gasteiger partial charge in [0.1, 0.15) is 12.6 Å². The summed E-state index contributed by atoms with van der Waals surface area (Å²) in [6.07, 6.45) is 0.936. The molecule has 36 heavy (non-hydrogen) atoms. The molecule has 3 aromatic carbocycles. The molecule has 1 N–H and O–H groups in total. The maximum absolute atomic E-state index is 13.8. The quantitative estimate of drug-likeness (QED) is 0.428. The predicted molar refractivity (Wildman–Crippen MR) is 142 cm³/mol. The zero-order valence-electron chi connectivity index (χ0n) is 20.9. The van der Waals surface area contributed by atoms with E-state index in [0.29, 0.717) is 18.5 Å². The summed E-state index contributed by atoms with van der Waals surface area (Å²) in [5, 5.41) is 2.64. The Morgan fingerprint density at radius 3 is 2.06 bits per heavy atom. The van der Waals surface area contributed by atoms with Crippen molar-refractivity contribution in [2.24, 2.45) is 0 Å². The van der Waals surface area contributed by atoms with Gasteiger partial charge in [-0.15, -0.1) is 0 Å². The van der Waals surface area contributed by atoms with Crippen LogP contribution in [0, 0.1) is 6.92 Å². The highest BCUT2D eigenvalue weighted by molar-refractivity contribution is 7.92. The van der Waals surface area contributed by atoms with Gasteiger partial charge in [-0.05, 0) is 49.1 Å². The van der Waals surface area contributed by atoms with Crippen molar-refractivity contribution in [2.75, 3.05) is 24.4 Å². The van der Waals surface area contributed by atoms with Crippen LogP contribution in [0.4, 0.5) is 5.69 Å². The number of amides is 2. The monoisotopic (exact) mass is 507 g/mol. The Morgan fingerprint density at radius 2 is 1.47 bits per heavy atom. The maximum atomic E-state index is 13.8. The Kier molecular flexibility index (Phi) is 9.25. The summed E-state index contributed by atoms with van der Waals surface area (Å²) in [5.74, 6) is -0.726. The van der Waals surface area contributed by atoms with E-state index in [0.717, 1.165) is 15.4 Å². The molecule has 0 fully saturated rings. The van der Waals surface area contributed by atoms with E-state index in [-0.39, 0.29) is 17.3 Å². The van der Waals surface area contributed by atoms with Crippen molar-refractivity contribution in [1.82, 2.24) is 10.2 Å². The zero-order chi connectivity index (χ0) is 26.1. The van der Waals surface area contributed by atoms with E-state index in [9.17, 15) is 18.0 Å². The van der Waals surface area contributed by atoms with Gasteiger partial charge in [-0.2, -0.15) is 0 Å². The van der Waals surface area contributed by atoms with Crippen LogP contribution in [0.3, 0.4) is 0 Å². The van der Waals surface area contributed by atoms with Crippen LogP contribution in [0.5, 0.6) is 0 Å². The van der Waals surface area contributed by atoms with Crippen LogP contribution >= 0.6 is 0 Å². The van der Waals surface area contributed by atoms with Crippen molar-refractivity contribution in [3.8, 4) is 0 Å². The Bertz CT molecular complexity index is 1260. The third-order valence-corrected chi connectivity index (χ3v) is 7.88. The number of nitrogens with one attached hydrogen (secondary N) is 1. The van der Waals surface area contributed by atoms with Crippen LogP contribution in [0.15, 0.2) is 89.8 Å². The van der Waals surface area contributed by atoms with Gasteiger partial charge in [-0.25, -0.2) is 8.42 Å². The summed E-state index contributed by atoms with van der Waals surface area (Å²) in [6, 6.07) is 24.1. The van der Waals surface area contributed by atoms with Crippen molar-refractivity contribution < 1.29 is 18.0 Å². The van der Waals surface area contributed by atoms with E-state index in [1.807, 2.05) is 43.3 Å². The van der Waals surface area contributed by atoms with Gasteiger partial charge in [-0.1, -0.05) is 73.7 Å². The third kappa shape index (κ3) is 6.31. The largest absolute Gasteiger partial charge is 0.357 e. The lowest BCUT2D eigenvalue weighted by atomic mass is 10.1. The van der Waals surface area contributed by atoms with Gasteiger partial charge < -0.3 is 10.2 Å². The molecule has 3 rings (SSSR count). The van der Waals surface area contributed by atoms with Gasteiger partial charge in [0, 0.05) is 13.6 Å². The van der Waals surface area contributed by atoms with Crippen molar-refractivity contribution in [1.29, 1.82) is 0 Å². The third-order valence-electron chi connectivity index (χ3n) is 6.11. The van der Waals surface area contributed by atoms with Crippen molar-refractivity contribution >= 4 is 27.5 Å². The van der Waals surface area contributed by atoms with Crippen molar-refractivity contribution in [3.63, 3.8) is 0 Å². The lowest BCUT2D eigenvalue weighted by Crippen LogP contribution is -2.52. The Morgan fingerprint density at radius 1 is 0.889 bits per heavy atom. The van der Waals surface area contributed by atoms with Gasteiger partial charge in [0.25, 0.3) is 10.0 Å². The van der Waals surface area contributed by atoms with Crippen LogP contribution < -0.4 is 9.62 Å². The summed E-state index contributed by atoms with van der Waals surface area (Å²) in [5.41, 5.74) is 2.17. The molecule has 7 nitrogen and oxygen atoms in total. The molecule has 0 saturated carbocycles. The molecular formula is C28H33N3O4S. The maximum Gasteiger partial charge on any atom is 0.264 e. The number of anilines is 1. The number of hydrogen-bond acceptors (Lipinski definition) is 4. The van der Waals surface area contributed by atoms with E-state index in [1.54, 1.807) is 43.3 Å². The molecule has 0 aliphatic rings. The second-order valence-corrected chi connectivity index (χ2v) is 10.3. The number of benzene rings is 3. The molecule has 0 bridgehead atoms. The molecule has 0 heterocycles. The minimum atomic E-state index is -4.05. The molecule has 0 radical (unpaired) electrons. The molecule has 190 valence electrons. The van der Waals surface area contributed by atoms with Gasteiger partial charge in [0.2, 0.25) is 11.8 Å². The highest BCUT2D eigenvalue weighted by Gasteiger charge is 2.33. The number of likely N-dealkylation sites (N-methyl/N-ethyl adjacent to an activating group) is 1. The first-order valence-electron chi connectivity index (χ1n) is 12.0. The fraction of sp³-hybridized carbons (Fsp3) is 0.286. The second-order valence-electron chi connectivity index (χ2n) is 8.47. The first-order valence-corrected chi connectivity index (χ1v) is 13.4. The Balaban J connectivity index is 2.00. The summed E-state index contributed by atoms with van der Waals surface area (Å²) >= 11 is 0. The van der Waals surface area contributed by atoms with Crippen molar-refractivity contribution in [2.45, 2.75) is 37.6 Å². The summed E-state index contributed by atoms with van der Waals surface area (Å²) in [7, 11) is -2.51. The molecule has 0 spiro atoms. The SMILES string of the molecule is CC[C@H](C(=O)NC)N(CCc1ccccc1)C(=O)CN(c1ccccc1C)S(=O)(=O)c1ccccc1. The number of hydrogen-bond donors (Lipinski definition) is 1. The van der Waals surface area contributed by atoms with Crippen LogP contribution in [0.2, 0.25) is 0 Å². The predicted octanol–water partition coefficient (Wildman–Crippen LogP) is 3.79. The summed E-state index contributed by atoms with van der Waals surface area (Å²) in [4.78, 5) is 28.1. The van der Waals surface area contributed by atoms with E-state index in [2.05, 4.69) is 5.32 Å². The Labute approximate surface area is 213 Å². The van der Waals surface area contributed by atoms with Crippen LogP contribution in [0.25, 0.3) is 0 Å². The zero-order valence-corrected chi connectivity index (χ0v) is 21.7. The fourth-order valence-electron chi connectivity index (χ4n) is 4.14. The fourth-order valence-corrected chi connectivity index (χ4v) is 5.64. The molecule has 0 aromatic heterocycles. The highest BCUT2D eigenvalue weighted by atomic mass is 32.2. The van der Waals surface area contributed by atoms with Crippen molar-refractivity contribution in [3.05, 3.63) is 96.1 Å². The van der Waals surface area contributed by atoms with E-state index >= 15 is 0 Å². The van der Waals surface area contributed by atoms with Crippen LogP contribution in [-0.2, 0) is 26.0 Å². The van der Waals surface area contributed by atoms with E-state index < -0.39 is 28.5 Å². The molecule has 2 amide bonds. The lowest BCUT2D eigenvalue weighted by Gasteiger charge is -2.33. The van der Waals surface area contributed by atoms with E-state index in [4.69, 9.17) is 0 Å².